The lowest BCUT2D eigenvalue weighted by Gasteiger charge is -2.74. The summed E-state index contributed by atoms with van der Waals surface area (Å²) in [6.45, 7) is 10.5. The van der Waals surface area contributed by atoms with Crippen molar-refractivity contribution >= 4 is 17.4 Å². The lowest BCUT2D eigenvalue weighted by atomic mass is 9.31. The van der Waals surface area contributed by atoms with Gasteiger partial charge in [0.2, 0.25) is 0 Å². The van der Waals surface area contributed by atoms with Crippen LogP contribution in [-0.4, -0.2) is 67.4 Å². The minimum absolute atomic E-state index is 0.256. The molecule has 9 rings (SSSR count). The number of hydrogen-bond donors (Lipinski definition) is 1. The van der Waals surface area contributed by atoms with Gasteiger partial charge < -0.3 is 9.80 Å². The number of amides is 2. The summed E-state index contributed by atoms with van der Waals surface area (Å²) >= 11 is 1.84. The Bertz CT molecular complexity index is 1200. The van der Waals surface area contributed by atoms with E-state index < -0.39 is 0 Å². The number of rotatable bonds is 5. The molecule has 36 heavy (non-hydrogen) atoms. The number of nitrogens with one attached hydrogen (secondary N) is 1. The summed E-state index contributed by atoms with van der Waals surface area (Å²) in [5.74, 6) is 3.89. The van der Waals surface area contributed by atoms with Crippen molar-refractivity contribution in [2.24, 2.45) is 22.2 Å². The van der Waals surface area contributed by atoms with Crippen molar-refractivity contribution < 1.29 is 4.79 Å². The van der Waals surface area contributed by atoms with Crippen molar-refractivity contribution in [2.45, 2.75) is 89.4 Å². The average Bonchev–Trinajstić information content (AvgIpc) is 3.22. The Morgan fingerprint density at radius 3 is 2.44 bits per heavy atom. The molecule has 2 saturated heterocycles. The van der Waals surface area contributed by atoms with E-state index in [4.69, 9.17) is 4.98 Å². The number of aromatic nitrogens is 5. The molecule has 1 spiro atoms. The Morgan fingerprint density at radius 1 is 1.06 bits per heavy atom. The second-order valence-electron chi connectivity index (χ2n) is 14.6. The smallest absolute Gasteiger partial charge is 0.320 e. The van der Waals surface area contributed by atoms with E-state index in [9.17, 15) is 4.79 Å². The molecule has 2 aromatic heterocycles. The number of urea groups is 1. The predicted octanol–water partition coefficient (Wildman–Crippen LogP) is 4.48. The number of carbonyl (C=O) groups is 1. The van der Waals surface area contributed by atoms with Crippen LogP contribution in [0, 0.1) is 22.2 Å². The topological polar surface area (TPSA) is 90.9 Å². The first-order chi connectivity index (χ1) is 17.1. The molecule has 5 aliphatic carbocycles. The lowest BCUT2D eigenvalue weighted by Crippen LogP contribution is -2.74. The Morgan fingerprint density at radius 2 is 1.78 bits per heavy atom. The summed E-state index contributed by atoms with van der Waals surface area (Å²) in [5.41, 5.74) is 1.37. The average molecular weight is 508 g/mol. The molecule has 0 radical (unpaired) electrons. The summed E-state index contributed by atoms with van der Waals surface area (Å²) in [4.78, 5) is 22.0. The van der Waals surface area contributed by atoms with Crippen molar-refractivity contribution in [3.05, 3.63) is 21.7 Å². The number of hydrogen-bond acceptors (Lipinski definition) is 6. The van der Waals surface area contributed by atoms with Crippen LogP contribution in [0.4, 0.5) is 4.79 Å². The molecule has 2 amide bonds. The molecule has 2 bridgehead atoms. The molecule has 0 atom stereocenters. The minimum Gasteiger partial charge on any atom is -0.324 e. The maximum absolute atomic E-state index is 13.1. The normalized spacial score (nSPS) is 33.0. The number of carbonyl (C=O) groups excluding carboxylic acids is 1. The fraction of sp³-hybridized carbons (Fsp3) is 0.815. The van der Waals surface area contributed by atoms with Crippen molar-refractivity contribution in [2.75, 3.05) is 26.2 Å². The Labute approximate surface area is 216 Å². The highest BCUT2D eigenvalue weighted by Gasteiger charge is 2.73. The van der Waals surface area contributed by atoms with E-state index in [1.54, 1.807) is 0 Å². The third-order valence-electron chi connectivity index (χ3n) is 10.2. The minimum atomic E-state index is 0.256. The van der Waals surface area contributed by atoms with Crippen molar-refractivity contribution in [1.82, 2.24) is 35.2 Å². The van der Waals surface area contributed by atoms with Gasteiger partial charge in [-0.25, -0.2) is 9.78 Å². The van der Waals surface area contributed by atoms with Crippen LogP contribution in [0.2, 0.25) is 0 Å². The van der Waals surface area contributed by atoms with Gasteiger partial charge in [-0.15, -0.1) is 21.5 Å². The van der Waals surface area contributed by atoms with Crippen LogP contribution in [0.1, 0.15) is 99.2 Å². The number of likely N-dealkylation sites (tertiary alicyclic amines) is 2. The highest BCUT2D eigenvalue weighted by molar-refractivity contribution is 7.11. The Kier molecular flexibility index (Phi) is 4.21. The zero-order valence-corrected chi connectivity index (χ0v) is 22.5. The van der Waals surface area contributed by atoms with Gasteiger partial charge in [0.15, 0.2) is 5.82 Å². The SMILES string of the molecule is CC(C)(C)Cc1nnc(C23CC(C4CN(C(=O)N5CC6(CC(c7n[nH]c(C8CC8)n7)C6)C5)C4)(C2)C3)s1. The summed E-state index contributed by atoms with van der Waals surface area (Å²) in [6, 6.07) is 0.270. The van der Waals surface area contributed by atoms with Gasteiger partial charge in [-0.3, -0.25) is 5.10 Å². The van der Waals surface area contributed by atoms with Gasteiger partial charge in [0.25, 0.3) is 0 Å². The van der Waals surface area contributed by atoms with Crippen molar-refractivity contribution in [1.29, 1.82) is 0 Å². The zero-order chi connectivity index (χ0) is 24.5. The summed E-state index contributed by atoms with van der Waals surface area (Å²) in [7, 11) is 0. The van der Waals surface area contributed by atoms with Gasteiger partial charge in [0, 0.05) is 55.3 Å². The fourth-order valence-electron chi connectivity index (χ4n) is 8.08. The van der Waals surface area contributed by atoms with E-state index in [1.165, 1.54) is 42.1 Å². The van der Waals surface area contributed by atoms with Gasteiger partial charge in [-0.05, 0) is 61.7 Å². The van der Waals surface area contributed by atoms with E-state index in [0.717, 1.165) is 57.1 Å². The highest BCUT2D eigenvalue weighted by atomic mass is 32.1. The molecule has 7 aliphatic rings. The van der Waals surface area contributed by atoms with E-state index in [-0.39, 0.29) is 11.4 Å². The quantitative estimate of drug-likeness (QED) is 0.645. The van der Waals surface area contributed by atoms with Gasteiger partial charge in [0.05, 0.1) is 0 Å². The molecular weight excluding hydrogens is 470 g/mol. The van der Waals surface area contributed by atoms with Crippen LogP contribution in [0.15, 0.2) is 0 Å². The first kappa shape index (κ1) is 22.0. The monoisotopic (exact) mass is 507 g/mol. The van der Waals surface area contributed by atoms with Crippen molar-refractivity contribution in [3.63, 3.8) is 0 Å². The molecule has 2 aliphatic heterocycles. The lowest BCUT2D eigenvalue weighted by molar-refractivity contribution is -0.208. The molecular formula is C27H37N7OS. The number of aromatic amines is 1. The van der Waals surface area contributed by atoms with Gasteiger partial charge >= 0.3 is 6.03 Å². The van der Waals surface area contributed by atoms with E-state index >= 15 is 0 Å². The first-order valence-electron chi connectivity index (χ1n) is 13.9. The zero-order valence-electron chi connectivity index (χ0n) is 21.7. The summed E-state index contributed by atoms with van der Waals surface area (Å²) in [6.07, 6.45) is 9.55. The third kappa shape index (κ3) is 3.19. The fourth-order valence-corrected chi connectivity index (χ4v) is 9.40. The van der Waals surface area contributed by atoms with Crippen LogP contribution < -0.4 is 0 Å². The van der Waals surface area contributed by atoms with Gasteiger partial charge in [-0.1, -0.05) is 20.8 Å². The second-order valence-corrected chi connectivity index (χ2v) is 15.7. The molecule has 192 valence electrons. The molecule has 0 aromatic carbocycles. The van der Waals surface area contributed by atoms with E-state index in [2.05, 4.69) is 51.0 Å². The highest BCUT2D eigenvalue weighted by Crippen LogP contribution is 2.77. The molecule has 8 nitrogen and oxygen atoms in total. The van der Waals surface area contributed by atoms with Crippen LogP contribution in [0.3, 0.4) is 0 Å². The van der Waals surface area contributed by atoms with Gasteiger partial charge in [0.1, 0.15) is 15.8 Å². The molecule has 0 unspecified atom stereocenters. The standard InChI is InChI=1S/C27H37N7OS/c1-24(2,3)8-19-29-32-22(36-19)27-11-26(12-27,13-27)18-9-33(10-18)23(35)34-14-25(15-34)6-17(7-25)21-28-20(30-31-21)16-4-5-16/h16-18H,4-15H2,1-3H3,(H,28,30,31). The molecule has 7 fully saturated rings. The number of nitrogens with zero attached hydrogens (tertiary/aromatic N) is 6. The maximum Gasteiger partial charge on any atom is 0.320 e. The molecule has 1 N–H and O–H groups in total. The van der Waals surface area contributed by atoms with Crippen LogP contribution in [0.25, 0.3) is 0 Å². The molecule has 2 aromatic rings. The van der Waals surface area contributed by atoms with E-state index in [0.29, 0.717) is 34.0 Å². The summed E-state index contributed by atoms with van der Waals surface area (Å²) in [5, 5.41) is 19.2. The van der Waals surface area contributed by atoms with Crippen molar-refractivity contribution in [3.8, 4) is 0 Å². The first-order valence-corrected chi connectivity index (χ1v) is 14.7. The molecule has 4 heterocycles. The van der Waals surface area contributed by atoms with Gasteiger partial charge in [-0.2, -0.15) is 5.10 Å². The summed E-state index contributed by atoms with van der Waals surface area (Å²) < 4.78 is 0. The predicted molar refractivity (Wildman–Crippen MR) is 136 cm³/mol. The number of H-pyrrole nitrogens is 1. The van der Waals surface area contributed by atoms with Crippen LogP contribution in [0.5, 0.6) is 0 Å². The molecule has 9 heteroatoms. The Balaban J connectivity index is 0.797. The van der Waals surface area contributed by atoms with Crippen LogP contribution >= 0.6 is 11.3 Å². The largest absolute Gasteiger partial charge is 0.324 e. The Hall–Kier alpha value is -2.03. The molecule has 5 saturated carbocycles. The maximum atomic E-state index is 13.1. The third-order valence-corrected chi connectivity index (χ3v) is 11.4. The van der Waals surface area contributed by atoms with E-state index in [1.807, 2.05) is 11.3 Å². The second kappa shape index (κ2) is 6.88. The van der Waals surface area contributed by atoms with Crippen LogP contribution in [-0.2, 0) is 11.8 Å².